The first-order valence-electron chi connectivity index (χ1n) is 6.71. The fourth-order valence-corrected chi connectivity index (χ4v) is 4.20. The lowest BCUT2D eigenvalue weighted by Gasteiger charge is -2.25. The summed E-state index contributed by atoms with van der Waals surface area (Å²) in [6.45, 7) is 4.68. The van der Waals surface area contributed by atoms with Crippen LogP contribution in [0.5, 0.6) is 0 Å². The molecule has 1 fully saturated rings. The topological polar surface area (TPSA) is 71.8 Å². The Morgan fingerprint density at radius 2 is 2.20 bits per heavy atom. The number of nitrogens with zero attached hydrogens (tertiary/aromatic N) is 1. The van der Waals surface area contributed by atoms with E-state index in [9.17, 15) is 8.42 Å². The maximum Gasteiger partial charge on any atom is 0.246 e. The summed E-state index contributed by atoms with van der Waals surface area (Å²) >= 11 is 0. The van der Waals surface area contributed by atoms with Crippen molar-refractivity contribution in [1.29, 1.82) is 0 Å². The van der Waals surface area contributed by atoms with Gasteiger partial charge in [0, 0.05) is 19.7 Å². The van der Waals surface area contributed by atoms with Crippen molar-refractivity contribution in [1.82, 2.24) is 9.62 Å². The van der Waals surface area contributed by atoms with E-state index in [1.807, 2.05) is 6.92 Å². The van der Waals surface area contributed by atoms with E-state index in [-0.39, 0.29) is 17.0 Å². The van der Waals surface area contributed by atoms with Crippen LogP contribution in [0.4, 0.5) is 0 Å². The summed E-state index contributed by atoms with van der Waals surface area (Å²) in [7, 11) is -0.158. The molecule has 1 aromatic rings. The van der Waals surface area contributed by atoms with E-state index < -0.39 is 10.0 Å². The molecule has 0 amide bonds. The maximum absolute atomic E-state index is 12.7. The molecule has 1 N–H and O–H groups in total. The van der Waals surface area contributed by atoms with E-state index >= 15 is 0 Å². The molecule has 0 radical (unpaired) electrons. The van der Waals surface area contributed by atoms with Crippen LogP contribution in [0.15, 0.2) is 15.4 Å². The molecule has 2 unspecified atom stereocenters. The van der Waals surface area contributed by atoms with Crippen molar-refractivity contribution in [3.8, 4) is 0 Å². The Morgan fingerprint density at radius 1 is 1.50 bits per heavy atom. The summed E-state index contributed by atoms with van der Waals surface area (Å²) in [6, 6.07) is 1.47. The second kappa shape index (κ2) is 5.85. The molecular formula is C13H22N2O4S. The first kappa shape index (κ1) is 15.5. The lowest BCUT2D eigenvalue weighted by molar-refractivity contribution is 0.102. The summed E-state index contributed by atoms with van der Waals surface area (Å²) in [5.41, 5.74) is 0. The van der Waals surface area contributed by atoms with Crippen molar-refractivity contribution in [2.75, 3.05) is 20.7 Å². The van der Waals surface area contributed by atoms with Crippen LogP contribution in [-0.2, 0) is 21.3 Å². The summed E-state index contributed by atoms with van der Waals surface area (Å²) in [5.74, 6) is 1.04. The number of hydrogen-bond acceptors (Lipinski definition) is 5. The Kier molecular flexibility index (Phi) is 4.53. The van der Waals surface area contributed by atoms with Crippen molar-refractivity contribution in [2.24, 2.45) is 0 Å². The predicted molar refractivity (Wildman–Crippen MR) is 75.0 cm³/mol. The summed E-state index contributed by atoms with van der Waals surface area (Å²) in [4.78, 5) is 0.240. The van der Waals surface area contributed by atoms with Crippen LogP contribution >= 0.6 is 0 Å². The van der Waals surface area contributed by atoms with Crippen LogP contribution in [0.2, 0.25) is 0 Å². The van der Waals surface area contributed by atoms with Gasteiger partial charge in [-0.3, -0.25) is 0 Å². The Morgan fingerprint density at radius 3 is 2.75 bits per heavy atom. The van der Waals surface area contributed by atoms with Gasteiger partial charge in [-0.1, -0.05) is 0 Å². The second-order valence-electron chi connectivity index (χ2n) is 5.12. The molecule has 2 rings (SSSR count). The number of hydrogen-bond donors (Lipinski definition) is 1. The van der Waals surface area contributed by atoms with Gasteiger partial charge in [0.05, 0.1) is 18.7 Å². The van der Waals surface area contributed by atoms with Gasteiger partial charge in [-0.25, -0.2) is 8.42 Å². The lowest BCUT2D eigenvalue weighted by atomic mass is 10.2. The Balaban J connectivity index is 2.29. The number of nitrogens with one attached hydrogen (secondary N) is 1. The van der Waals surface area contributed by atoms with Gasteiger partial charge in [0.2, 0.25) is 10.0 Å². The summed E-state index contributed by atoms with van der Waals surface area (Å²) < 4.78 is 37.7. The zero-order chi connectivity index (χ0) is 14.9. The zero-order valence-electron chi connectivity index (χ0n) is 12.3. The largest absolute Gasteiger partial charge is 0.464 e. The van der Waals surface area contributed by atoms with Crippen LogP contribution in [-0.4, -0.2) is 45.6 Å². The van der Waals surface area contributed by atoms with Gasteiger partial charge < -0.3 is 14.5 Å². The van der Waals surface area contributed by atoms with E-state index in [1.54, 1.807) is 27.1 Å². The SMILES string of the molecule is CNCc1cc(S(=O)(=O)N(C)C2CCOC2C)c(C)o1. The average Bonchev–Trinajstić information content (AvgIpc) is 2.95. The molecule has 0 spiro atoms. The molecule has 0 saturated carbocycles. The van der Waals surface area contributed by atoms with Gasteiger partial charge in [0.25, 0.3) is 0 Å². The molecule has 1 aliphatic rings. The van der Waals surface area contributed by atoms with Crippen LogP contribution in [0.1, 0.15) is 24.9 Å². The maximum atomic E-state index is 12.7. The third kappa shape index (κ3) is 2.76. The Bertz CT molecular complexity index is 567. The van der Waals surface area contributed by atoms with Crippen molar-refractivity contribution in [2.45, 2.75) is 43.9 Å². The second-order valence-corrected chi connectivity index (χ2v) is 7.08. The van der Waals surface area contributed by atoms with E-state index in [0.29, 0.717) is 24.7 Å². The predicted octanol–water partition coefficient (Wildman–Crippen LogP) is 1.11. The van der Waals surface area contributed by atoms with E-state index in [1.165, 1.54) is 4.31 Å². The number of aryl methyl sites for hydroxylation is 1. The molecule has 20 heavy (non-hydrogen) atoms. The molecule has 0 bridgehead atoms. The number of sulfonamides is 1. The van der Waals surface area contributed by atoms with Crippen molar-refractivity contribution in [3.63, 3.8) is 0 Å². The zero-order valence-corrected chi connectivity index (χ0v) is 13.2. The minimum absolute atomic E-state index is 0.0845. The van der Waals surface area contributed by atoms with Gasteiger partial charge in [0.1, 0.15) is 16.4 Å². The molecule has 2 heterocycles. The van der Waals surface area contributed by atoms with Crippen LogP contribution < -0.4 is 5.32 Å². The smallest absolute Gasteiger partial charge is 0.246 e. The normalized spacial score (nSPS) is 23.6. The van der Waals surface area contributed by atoms with Gasteiger partial charge in [0.15, 0.2) is 0 Å². The van der Waals surface area contributed by atoms with Crippen molar-refractivity contribution >= 4 is 10.0 Å². The number of rotatable bonds is 5. The highest BCUT2D eigenvalue weighted by atomic mass is 32.2. The molecule has 6 nitrogen and oxygen atoms in total. The number of ether oxygens (including phenoxy) is 1. The fraction of sp³-hybridized carbons (Fsp3) is 0.692. The summed E-state index contributed by atoms with van der Waals surface area (Å²) in [6.07, 6.45) is 0.635. The highest BCUT2D eigenvalue weighted by molar-refractivity contribution is 7.89. The lowest BCUT2D eigenvalue weighted by Crippen LogP contribution is -2.41. The van der Waals surface area contributed by atoms with E-state index in [2.05, 4.69) is 5.32 Å². The van der Waals surface area contributed by atoms with Gasteiger partial charge in [-0.15, -0.1) is 0 Å². The first-order valence-corrected chi connectivity index (χ1v) is 8.15. The molecule has 2 atom stereocenters. The molecule has 0 aromatic carbocycles. The highest BCUT2D eigenvalue weighted by Crippen LogP contribution is 2.28. The van der Waals surface area contributed by atoms with Crippen LogP contribution in [0.3, 0.4) is 0 Å². The third-order valence-corrected chi connectivity index (χ3v) is 5.72. The molecule has 1 aromatic heterocycles. The average molecular weight is 302 g/mol. The molecule has 114 valence electrons. The van der Waals surface area contributed by atoms with Crippen molar-refractivity contribution < 1.29 is 17.6 Å². The standard InChI is InChI=1S/C13H22N2O4S/c1-9-12(5-6-18-9)15(4)20(16,17)13-7-11(8-14-3)19-10(13)2/h7,9,12,14H,5-6,8H2,1-4H3. The van der Waals surface area contributed by atoms with Gasteiger partial charge in [-0.05, 0) is 27.3 Å². The molecular weight excluding hydrogens is 280 g/mol. The van der Waals surface area contributed by atoms with Gasteiger partial charge >= 0.3 is 0 Å². The first-order chi connectivity index (χ1) is 9.37. The van der Waals surface area contributed by atoms with Crippen LogP contribution in [0.25, 0.3) is 0 Å². The molecule has 0 aliphatic carbocycles. The minimum Gasteiger partial charge on any atom is -0.464 e. The minimum atomic E-state index is -3.55. The highest BCUT2D eigenvalue weighted by Gasteiger charge is 2.36. The molecule has 7 heteroatoms. The number of likely N-dealkylation sites (N-methyl/N-ethyl adjacent to an activating group) is 1. The number of furan rings is 1. The van der Waals surface area contributed by atoms with Crippen molar-refractivity contribution in [3.05, 3.63) is 17.6 Å². The molecule has 1 saturated heterocycles. The quantitative estimate of drug-likeness (QED) is 0.882. The monoisotopic (exact) mass is 302 g/mol. The van der Waals surface area contributed by atoms with Crippen LogP contribution in [0, 0.1) is 6.92 Å². The third-order valence-electron chi connectivity index (χ3n) is 3.73. The van der Waals surface area contributed by atoms with E-state index in [4.69, 9.17) is 9.15 Å². The van der Waals surface area contributed by atoms with E-state index in [0.717, 1.165) is 6.42 Å². The Hall–Kier alpha value is -0.890. The van der Waals surface area contributed by atoms with Gasteiger partial charge in [-0.2, -0.15) is 4.31 Å². The Labute approximate surface area is 120 Å². The fourth-order valence-electron chi connectivity index (χ4n) is 2.57. The summed E-state index contributed by atoms with van der Waals surface area (Å²) in [5, 5.41) is 2.95. The molecule has 1 aliphatic heterocycles.